The summed E-state index contributed by atoms with van der Waals surface area (Å²) in [4.78, 5) is 10.3. The van der Waals surface area contributed by atoms with Gasteiger partial charge in [-0.05, 0) is 18.3 Å². The maximum absolute atomic E-state index is 11.5. The fourth-order valence-electron chi connectivity index (χ4n) is 2.17. The van der Waals surface area contributed by atoms with Crippen LogP contribution < -0.4 is 15.4 Å². The molecule has 2 atom stereocenters. The molecule has 1 aliphatic rings. The third-order valence-corrected chi connectivity index (χ3v) is 5.84. The molecule has 0 aromatic heterocycles. The summed E-state index contributed by atoms with van der Waals surface area (Å²) in [5.41, 5.74) is 0.168. The Hall–Kier alpha value is -1.65. The number of methoxy groups -OCH3 is 1. The first-order valence-corrected chi connectivity index (χ1v) is 9.13. The van der Waals surface area contributed by atoms with E-state index in [-0.39, 0.29) is 22.3 Å². The van der Waals surface area contributed by atoms with E-state index in [1.54, 1.807) is 0 Å². The van der Waals surface area contributed by atoms with Gasteiger partial charge in [-0.2, -0.15) is 0 Å². The van der Waals surface area contributed by atoms with Crippen LogP contribution in [-0.4, -0.2) is 48.5 Å². The molecule has 0 radical (unpaired) electrons. The standard InChI is InChI=1S/C12H14ClN3O5S2/c1-21-11-3-2-7(16(17)18)4-9(11)14-12(22)15-10-6-23(19,20)5-8(10)13/h2-4,8,10H,5-6H2,1H3,(H2,14,15,22). The first-order valence-electron chi connectivity index (χ1n) is 6.46. The summed E-state index contributed by atoms with van der Waals surface area (Å²) in [5, 5.41) is 15.9. The number of rotatable bonds is 4. The van der Waals surface area contributed by atoms with Crippen LogP contribution in [0.1, 0.15) is 0 Å². The predicted octanol–water partition coefficient (Wildman–Crippen LogP) is 1.29. The van der Waals surface area contributed by atoms with Crippen LogP contribution in [0.5, 0.6) is 5.75 Å². The van der Waals surface area contributed by atoms with Crippen LogP contribution in [-0.2, 0) is 9.84 Å². The van der Waals surface area contributed by atoms with E-state index >= 15 is 0 Å². The molecule has 1 heterocycles. The van der Waals surface area contributed by atoms with Crippen LogP contribution in [0.25, 0.3) is 0 Å². The van der Waals surface area contributed by atoms with Crippen molar-refractivity contribution in [2.75, 3.05) is 23.9 Å². The number of alkyl halides is 1. The maximum Gasteiger partial charge on any atom is 0.271 e. The Kier molecular flexibility index (Phi) is 5.27. The lowest BCUT2D eigenvalue weighted by atomic mass is 10.2. The van der Waals surface area contributed by atoms with E-state index in [1.807, 2.05) is 0 Å². The number of hydrogen-bond donors (Lipinski definition) is 2. The summed E-state index contributed by atoms with van der Waals surface area (Å²) >= 11 is 11.1. The number of thiocarbonyl (C=S) groups is 1. The molecule has 23 heavy (non-hydrogen) atoms. The monoisotopic (exact) mass is 379 g/mol. The molecule has 0 amide bonds. The number of anilines is 1. The van der Waals surface area contributed by atoms with E-state index in [4.69, 9.17) is 28.6 Å². The van der Waals surface area contributed by atoms with Crippen molar-refractivity contribution in [3.8, 4) is 5.75 Å². The van der Waals surface area contributed by atoms with Crippen molar-refractivity contribution < 1.29 is 18.1 Å². The second-order valence-electron chi connectivity index (χ2n) is 4.94. The van der Waals surface area contributed by atoms with Gasteiger partial charge in [0.25, 0.3) is 5.69 Å². The number of sulfone groups is 1. The molecule has 1 aromatic carbocycles. The number of halogens is 1. The highest BCUT2D eigenvalue weighted by Crippen LogP contribution is 2.29. The number of benzene rings is 1. The highest BCUT2D eigenvalue weighted by Gasteiger charge is 2.36. The van der Waals surface area contributed by atoms with Crippen LogP contribution in [0.4, 0.5) is 11.4 Å². The molecule has 1 aliphatic heterocycles. The lowest BCUT2D eigenvalue weighted by Gasteiger charge is -2.18. The topological polar surface area (TPSA) is 111 Å². The van der Waals surface area contributed by atoms with Gasteiger partial charge in [0.2, 0.25) is 0 Å². The van der Waals surface area contributed by atoms with Crippen LogP contribution in [0.2, 0.25) is 0 Å². The number of nitro groups is 1. The number of non-ortho nitro benzene ring substituents is 1. The van der Waals surface area contributed by atoms with Gasteiger partial charge < -0.3 is 15.4 Å². The van der Waals surface area contributed by atoms with Crippen LogP contribution in [0.3, 0.4) is 0 Å². The second kappa shape index (κ2) is 6.85. The van der Waals surface area contributed by atoms with Gasteiger partial charge in [0.1, 0.15) is 5.75 Å². The van der Waals surface area contributed by atoms with Crippen molar-refractivity contribution in [2.24, 2.45) is 0 Å². The Morgan fingerprint density at radius 3 is 2.70 bits per heavy atom. The molecule has 1 saturated heterocycles. The van der Waals surface area contributed by atoms with Crippen LogP contribution >= 0.6 is 23.8 Å². The average molecular weight is 380 g/mol. The van der Waals surface area contributed by atoms with Crippen molar-refractivity contribution in [1.29, 1.82) is 0 Å². The molecule has 2 unspecified atom stereocenters. The van der Waals surface area contributed by atoms with Gasteiger partial charge in [-0.1, -0.05) is 0 Å². The Bertz CT molecular complexity index is 740. The van der Waals surface area contributed by atoms with Gasteiger partial charge in [-0.25, -0.2) is 8.42 Å². The molecule has 11 heteroatoms. The molecule has 0 bridgehead atoms. The smallest absolute Gasteiger partial charge is 0.271 e. The summed E-state index contributed by atoms with van der Waals surface area (Å²) in [7, 11) is -1.77. The molecule has 1 fully saturated rings. The normalized spacial score (nSPS) is 22.3. The second-order valence-corrected chi connectivity index (χ2v) is 8.06. The van der Waals surface area contributed by atoms with Crippen molar-refractivity contribution in [1.82, 2.24) is 5.32 Å². The van der Waals surface area contributed by atoms with Crippen molar-refractivity contribution in [3.63, 3.8) is 0 Å². The molecule has 0 saturated carbocycles. The molecule has 2 rings (SSSR count). The fourth-order valence-corrected chi connectivity index (χ4v) is 4.98. The number of nitrogens with one attached hydrogen (secondary N) is 2. The van der Waals surface area contributed by atoms with E-state index in [1.165, 1.54) is 25.3 Å². The van der Waals surface area contributed by atoms with Gasteiger partial charge in [-0.3, -0.25) is 10.1 Å². The lowest BCUT2D eigenvalue weighted by molar-refractivity contribution is -0.384. The van der Waals surface area contributed by atoms with Gasteiger partial charge in [0.05, 0.1) is 40.6 Å². The summed E-state index contributed by atoms with van der Waals surface area (Å²) in [6, 6.07) is 3.49. The maximum atomic E-state index is 11.5. The van der Waals surface area contributed by atoms with Gasteiger partial charge in [0, 0.05) is 12.1 Å². The Morgan fingerprint density at radius 2 is 2.17 bits per heavy atom. The van der Waals surface area contributed by atoms with E-state index in [0.29, 0.717) is 11.4 Å². The quantitative estimate of drug-likeness (QED) is 0.348. The molecule has 1 aromatic rings. The van der Waals surface area contributed by atoms with E-state index in [0.717, 1.165) is 0 Å². The molecular weight excluding hydrogens is 366 g/mol. The van der Waals surface area contributed by atoms with Crippen LogP contribution in [0.15, 0.2) is 18.2 Å². The highest BCUT2D eigenvalue weighted by atomic mass is 35.5. The fraction of sp³-hybridized carbons (Fsp3) is 0.417. The third-order valence-electron chi connectivity index (χ3n) is 3.24. The first kappa shape index (κ1) is 17.7. The first-order chi connectivity index (χ1) is 10.7. The SMILES string of the molecule is COc1ccc([N+](=O)[O-])cc1NC(=S)NC1CS(=O)(=O)CC1Cl. The lowest BCUT2D eigenvalue weighted by Crippen LogP contribution is -2.42. The van der Waals surface area contributed by atoms with Crippen LogP contribution in [0, 0.1) is 10.1 Å². The summed E-state index contributed by atoms with van der Waals surface area (Å²) in [6.45, 7) is 0. The van der Waals surface area contributed by atoms with Gasteiger partial charge >= 0.3 is 0 Å². The zero-order chi connectivity index (χ0) is 17.2. The zero-order valence-corrected chi connectivity index (χ0v) is 14.4. The largest absolute Gasteiger partial charge is 0.495 e. The number of hydrogen-bond acceptors (Lipinski definition) is 6. The van der Waals surface area contributed by atoms with E-state index in [9.17, 15) is 18.5 Å². The van der Waals surface area contributed by atoms with Crippen molar-refractivity contribution in [2.45, 2.75) is 11.4 Å². The van der Waals surface area contributed by atoms with E-state index in [2.05, 4.69) is 10.6 Å². The third kappa shape index (κ3) is 4.43. The molecule has 126 valence electrons. The number of nitrogens with zero attached hydrogens (tertiary/aromatic N) is 1. The van der Waals surface area contributed by atoms with Crippen molar-refractivity contribution >= 4 is 50.1 Å². The average Bonchev–Trinajstić information content (AvgIpc) is 2.70. The predicted molar refractivity (Wildman–Crippen MR) is 91.1 cm³/mol. The molecule has 0 spiro atoms. The Labute approximate surface area is 143 Å². The zero-order valence-electron chi connectivity index (χ0n) is 12.0. The minimum absolute atomic E-state index is 0.108. The summed E-state index contributed by atoms with van der Waals surface area (Å²) in [5.74, 6) is 0.130. The Balaban J connectivity index is 2.11. The molecular formula is C12H14ClN3O5S2. The summed E-state index contributed by atoms with van der Waals surface area (Å²) in [6.07, 6.45) is 0. The highest BCUT2D eigenvalue weighted by molar-refractivity contribution is 7.91. The summed E-state index contributed by atoms with van der Waals surface area (Å²) < 4.78 is 28.2. The minimum atomic E-state index is -3.19. The molecule has 0 aliphatic carbocycles. The number of nitro benzene ring substituents is 1. The van der Waals surface area contributed by atoms with E-state index < -0.39 is 26.2 Å². The van der Waals surface area contributed by atoms with Crippen molar-refractivity contribution in [3.05, 3.63) is 28.3 Å². The van der Waals surface area contributed by atoms with Gasteiger partial charge in [0.15, 0.2) is 14.9 Å². The van der Waals surface area contributed by atoms with Gasteiger partial charge in [-0.15, -0.1) is 11.6 Å². The molecule has 2 N–H and O–H groups in total. The minimum Gasteiger partial charge on any atom is -0.495 e. The Morgan fingerprint density at radius 1 is 1.48 bits per heavy atom. The number of ether oxygens (including phenoxy) is 1. The molecule has 8 nitrogen and oxygen atoms in total.